The first kappa shape index (κ1) is 14.6. The molecule has 0 unspecified atom stereocenters. The van der Waals surface area contributed by atoms with Gasteiger partial charge >= 0.3 is 0 Å². The van der Waals surface area contributed by atoms with E-state index in [1.807, 2.05) is 0 Å². The zero-order valence-corrected chi connectivity index (χ0v) is 12.6. The molecule has 0 spiro atoms. The highest BCUT2D eigenvalue weighted by Gasteiger charge is 2.26. The first-order valence-corrected chi connectivity index (χ1v) is 8.47. The molecule has 104 valence electrons. The molecule has 19 heavy (non-hydrogen) atoms. The summed E-state index contributed by atoms with van der Waals surface area (Å²) in [6.07, 6.45) is 2.28. The van der Waals surface area contributed by atoms with Gasteiger partial charge in [0, 0.05) is 29.8 Å². The second-order valence-electron chi connectivity index (χ2n) is 4.71. The Morgan fingerprint density at radius 2 is 2.05 bits per heavy atom. The topological polar surface area (TPSA) is 54.5 Å². The average Bonchev–Trinajstić information content (AvgIpc) is 3.11. The summed E-state index contributed by atoms with van der Waals surface area (Å²) in [5.74, 6) is 0.336. The Labute approximate surface area is 121 Å². The van der Waals surface area contributed by atoms with Gasteiger partial charge in [0.25, 0.3) is 15.0 Å². The fourth-order valence-corrected chi connectivity index (χ4v) is 3.31. The largest absolute Gasteiger partial charge is 0.341 e. The van der Waals surface area contributed by atoms with E-state index in [2.05, 4.69) is 0 Å². The molecule has 0 heterocycles. The monoisotopic (exact) mass is 321 g/mol. The van der Waals surface area contributed by atoms with Crippen molar-refractivity contribution in [2.45, 2.75) is 17.7 Å². The van der Waals surface area contributed by atoms with Crippen LogP contribution >= 0.6 is 22.3 Å². The summed E-state index contributed by atoms with van der Waals surface area (Å²) in [5.41, 5.74) is 0.270. The van der Waals surface area contributed by atoms with E-state index in [-0.39, 0.29) is 21.4 Å². The van der Waals surface area contributed by atoms with Crippen molar-refractivity contribution in [3.63, 3.8) is 0 Å². The summed E-state index contributed by atoms with van der Waals surface area (Å²) in [6.45, 7) is 0.685. The lowest BCUT2D eigenvalue weighted by atomic mass is 10.2. The average molecular weight is 322 g/mol. The van der Waals surface area contributed by atoms with Gasteiger partial charge in [0.1, 0.15) is 4.90 Å². The minimum Gasteiger partial charge on any atom is -0.341 e. The molecule has 1 aromatic rings. The van der Waals surface area contributed by atoms with Crippen LogP contribution in [0.2, 0.25) is 5.02 Å². The van der Waals surface area contributed by atoms with Crippen LogP contribution in [0.1, 0.15) is 23.2 Å². The van der Waals surface area contributed by atoms with E-state index in [9.17, 15) is 13.2 Å². The van der Waals surface area contributed by atoms with Gasteiger partial charge in [-0.15, -0.1) is 0 Å². The zero-order valence-electron chi connectivity index (χ0n) is 10.3. The summed E-state index contributed by atoms with van der Waals surface area (Å²) in [4.78, 5) is 13.5. The molecular weight excluding hydrogens is 309 g/mol. The SMILES string of the molecule is CN(CC1CC1)C(=O)c1ccc(Cl)c(S(=O)(=O)Cl)c1. The number of hydrogen-bond donors (Lipinski definition) is 0. The van der Waals surface area contributed by atoms with Gasteiger partial charge in [0.05, 0.1) is 5.02 Å². The zero-order chi connectivity index (χ0) is 14.2. The maximum atomic E-state index is 12.1. The summed E-state index contributed by atoms with van der Waals surface area (Å²) in [7, 11) is 3.02. The van der Waals surface area contributed by atoms with E-state index < -0.39 is 9.05 Å². The van der Waals surface area contributed by atoms with Crippen LogP contribution in [-0.2, 0) is 9.05 Å². The number of hydrogen-bond acceptors (Lipinski definition) is 3. The van der Waals surface area contributed by atoms with Crippen molar-refractivity contribution in [1.82, 2.24) is 4.90 Å². The lowest BCUT2D eigenvalue weighted by molar-refractivity contribution is 0.0788. The first-order valence-electron chi connectivity index (χ1n) is 5.78. The minimum atomic E-state index is -3.96. The highest BCUT2D eigenvalue weighted by molar-refractivity contribution is 8.13. The fourth-order valence-electron chi connectivity index (χ4n) is 1.81. The Bertz CT molecular complexity index is 611. The molecule has 0 bridgehead atoms. The molecule has 0 radical (unpaired) electrons. The van der Waals surface area contributed by atoms with Crippen molar-refractivity contribution in [3.8, 4) is 0 Å². The quantitative estimate of drug-likeness (QED) is 0.801. The van der Waals surface area contributed by atoms with E-state index >= 15 is 0 Å². The molecule has 0 saturated heterocycles. The molecule has 1 aliphatic carbocycles. The van der Waals surface area contributed by atoms with Gasteiger partial charge in [-0.25, -0.2) is 8.42 Å². The van der Waals surface area contributed by atoms with Gasteiger partial charge in [-0.2, -0.15) is 0 Å². The van der Waals surface area contributed by atoms with Crippen LogP contribution in [0.3, 0.4) is 0 Å². The Hall–Kier alpha value is -0.780. The second kappa shape index (κ2) is 5.31. The van der Waals surface area contributed by atoms with E-state index in [1.54, 1.807) is 11.9 Å². The van der Waals surface area contributed by atoms with E-state index in [1.165, 1.54) is 18.2 Å². The van der Waals surface area contributed by atoms with Crippen LogP contribution in [0.5, 0.6) is 0 Å². The van der Waals surface area contributed by atoms with Crippen LogP contribution in [0, 0.1) is 5.92 Å². The smallest absolute Gasteiger partial charge is 0.262 e. The molecule has 0 atom stereocenters. The molecule has 1 fully saturated rings. The Morgan fingerprint density at radius 3 is 2.58 bits per heavy atom. The lowest BCUT2D eigenvalue weighted by Crippen LogP contribution is -2.28. The van der Waals surface area contributed by atoms with Crippen molar-refractivity contribution in [2.75, 3.05) is 13.6 Å². The molecule has 1 aromatic carbocycles. The molecule has 0 aliphatic heterocycles. The van der Waals surface area contributed by atoms with Crippen molar-refractivity contribution in [3.05, 3.63) is 28.8 Å². The molecule has 1 saturated carbocycles. The molecule has 0 N–H and O–H groups in total. The van der Waals surface area contributed by atoms with Crippen molar-refractivity contribution >= 4 is 37.2 Å². The maximum absolute atomic E-state index is 12.1. The number of amides is 1. The van der Waals surface area contributed by atoms with E-state index in [0.717, 1.165) is 12.8 Å². The summed E-state index contributed by atoms with van der Waals surface area (Å²) in [5, 5.41) is 0.0106. The normalized spacial score (nSPS) is 15.3. The highest BCUT2D eigenvalue weighted by Crippen LogP contribution is 2.30. The summed E-state index contributed by atoms with van der Waals surface area (Å²) >= 11 is 5.77. The van der Waals surface area contributed by atoms with Crippen LogP contribution in [0.4, 0.5) is 0 Å². The van der Waals surface area contributed by atoms with Crippen molar-refractivity contribution in [2.24, 2.45) is 5.92 Å². The van der Waals surface area contributed by atoms with Crippen molar-refractivity contribution in [1.29, 1.82) is 0 Å². The second-order valence-corrected chi connectivity index (χ2v) is 7.65. The molecule has 7 heteroatoms. The molecule has 2 rings (SSSR count). The molecule has 4 nitrogen and oxygen atoms in total. The van der Waals surface area contributed by atoms with Crippen LogP contribution in [0.15, 0.2) is 23.1 Å². The van der Waals surface area contributed by atoms with Gasteiger partial charge in [0.15, 0.2) is 0 Å². The van der Waals surface area contributed by atoms with Gasteiger partial charge in [-0.1, -0.05) is 11.6 Å². The highest BCUT2D eigenvalue weighted by atomic mass is 35.7. The third-order valence-electron chi connectivity index (χ3n) is 3.02. The Balaban J connectivity index is 2.27. The molecule has 0 aromatic heterocycles. The van der Waals surface area contributed by atoms with E-state index in [4.69, 9.17) is 22.3 Å². The third kappa shape index (κ3) is 3.61. The molecule has 1 amide bonds. The predicted octanol–water partition coefficient (Wildman–Crippen LogP) is 2.75. The number of benzene rings is 1. The number of carbonyl (C=O) groups is 1. The maximum Gasteiger partial charge on any atom is 0.262 e. The van der Waals surface area contributed by atoms with Gasteiger partial charge in [-0.3, -0.25) is 4.79 Å². The van der Waals surface area contributed by atoms with Gasteiger partial charge in [-0.05, 0) is 37.0 Å². The van der Waals surface area contributed by atoms with Crippen LogP contribution in [0.25, 0.3) is 0 Å². The minimum absolute atomic E-state index is 0.0106. The molecular formula is C12H13Cl2NO3S. The fraction of sp³-hybridized carbons (Fsp3) is 0.417. The Kier molecular flexibility index (Phi) is 4.08. The molecule has 1 aliphatic rings. The number of nitrogens with zero attached hydrogens (tertiary/aromatic N) is 1. The lowest BCUT2D eigenvalue weighted by Gasteiger charge is -2.17. The van der Waals surface area contributed by atoms with Gasteiger partial charge < -0.3 is 4.90 Å². The Morgan fingerprint density at radius 1 is 1.42 bits per heavy atom. The predicted molar refractivity (Wildman–Crippen MR) is 74.2 cm³/mol. The third-order valence-corrected chi connectivity index (χ3v) is 4.82. The number of carbonyl (C=O) groups excluding carboxylic acids is 1. The summed E-state index contributed by atoms with van der Waals surface area (Å²) < 4.78 is 22.7. The first-order chi connectivity index (χ1) is 8.79. The van der Waals surface area contributed by atoms with Crippen molar-refractivity contribution < 1.29 is 13.2 Å². The standard InChI is InChI=1S/C12H13Cl2NO3S/c1-15(7-8-2-3-8)12(16)9-4-5-10(13)11(6-9)19(14,17)18/h4-6,8H,2-3,7H2,1H3. The number of rotatable bonds is 4. The van der Waals surface area contributed by atoms with Crippen LogP contribution in [-0.4, -0.2) is 32.8 Å². The van der Waals surface area contributed by atoms with E-state index in [0.29, 0.717) is 12.5 Å². The number of halogens is 2. The van der Waals surface area contributed by atoms with Crippen LogP contribution < -0.4 is 0 Å². The van der Waals surface area contributed by atoms with Gasteiger partial charge in [0.2, 0.25) is 0 Å². The summed E-state index contributed by atoms with van der Waals surface area (Å²) in [6, 6.07) is 4.09.